The summed E-state index contributed by atoms with van der Waals surface area (Å²) in [5.41, 5.74) is 6.41. The predicted molar refractivity (Wildman–Crippen MR) is 55.4 cm³/mol. The van der Waals surface area contributed by atoms with Crippen LogP contribution in [0, 0.1) is 18.3 Å². The highest BCUT2D eigenvalue weighted by molar-refractivity contribution is 7.92. The van der Waals surface area contributed by atoms with Gasteiger partial charge in [0, 0.05) is 7.05 Å². The molecule has 8 heteroatoms. The quantitative estimate of drug-likeness (QED) is 0.730. The first-order chi connectivity index (χ1) is 6.87. The average Bonchev–Trinajstić information content (AvgIpc) is 2.32. The molecule has 1 rings (SSSR count). The molecule has 0 saturated carbocycles. The second kappa shape index (κ2) is 3.78. The molecule has 0 saturated heterocycles. The van der Waals surface area contributed by atoms with Crippen LogP contribution in [0.1, 0.15) is 5.69 Å². The van der Waals surface area contributed by atoms with Gasteiger partial charge in [-0.3, -0.25) is 4.72 Å². The number of aryl methyl sites for hydroxylation is 2. The van der Waals surface area contributed by atoms with E-state index in [2.05, 4.69) is 9.82 Å². The Morgan fingerprint density at radius 1 is 1.67 bits per heavy atom. The molecule has 0 atom stereocenters. The average molecular weight is 229 g/mol. The minimum atomic E-state index is -3.67. The van der Waals surface area contributed by atoms with Gasteiger partial charge in [-0.05, 0) is 6.92 Å². The lowest BCUT2D eigenvalue weighted by molar-refractivity contribution is 0.603. The zero-order valence-corrected chi connectivity index (χ0v) is 9.17. The number of sulfonamides is 1. The highest BCUT2D eigenvalue weighted by atomic mass is 32.2. The maximum Gasteiger partial charge on any atom is 0.247 e. The number of nitrogens with two attached hydrogens (primary N) is 1. The lowest BCUT2D eigenvalue weighted by Gasteiger charge is -2.05. The van der Waals surface area contributed by atoms with Gasteiger partial charge in [-0.2, -0.15) is 10.4 Å². The van der Waals surface area contributed by atoms with Gasteiger partial charge < -0.3 is 5.73 Å². The Hall–Kier alpha value is -1.75. The van der Waals surface area contributed by atoms with Crippen molar-refractivity contribution in [3.8, 4) is 6.07 Å². The molecule has 82 valence electrons. The highest BCUT2D eigenvalue weighted by Crippen LogP contribution is 2.21. The van der Waals surface area contributed by atoms with E-state index in [0.717, 1.165) is 0 Å². The zero-order chi connectivity index (χ0) is 11.6. The molecule has 3 N–H and O–H groups in total. The fourth-order valence-corrected chi connectivity index (χ4v) is 1.84. The molecule has 0 amide bonds. The number of aromatic nitrogens is 2. The fraction of sp³-hybridized carbons (Fsp3) is 0.429. The van der Waals surface area contributed by atoms with E-state index in [1.807, 2.05) is 0 Å². The lowest BCUT2D eigenvalue weighted by atomic mass is 10.4. The van der Waals surface area contributed by atoms with Crippen molar-refractivity contribution in [2.75, 3.05) is 16.2 Å². The van der Waals surface area contributed by atoms with Gasteiger partial charge in [0.05, 0.1) is 17.5 Å². The summed E-state index contributed by atoms with van der Waals surface area (Å²) in [4.78, 5) is 0. The van der Waals surface area contributed by atoms with Crippen LogP contribution in [-0.4, -0.2) is 24.0 Å². The van der Waals surface area contributed by atoms with E-state index in [4.69, 9.17) is 11.0 Å². The molecule has 0 radical (unpaired) electrons. The van der Waals surface area contributed by atoms with Crippen LogP contribution in [0.15, 0.2) is 0 Å². The Labute approximate surface area is 87.5 Å². The number of nitrogens with zero attached hydrogens (tertiary/aromatic N) is 3. The molecule has 0 aliphatic heterocycles. The summed E-state index contributed by atoms with van der Waals surface area (Å²) >= 11 is 0. The van der Waals surface area contributed by atoms with Crippen LogP contribution >= 0.6 is 0 Å². The second-order valence-electron chi connectivity index (χ2n) is 2.99. The van der Waals surface area contributed by atoms with Crippen molar-refractivity contribution in [3.63, 3.8) is 0 Å². The molecule has 1 aromatic heterocycles. The third-order valence-corrected chi connectivity index (χ3v) is 2.79. The van der Waals surface area contributed by atoms with Crippen molar-refractivity contribution in [2.24, 2.45) is 7.05 Å². The molecule has 1 heterocycles. The summed E-state index contributed by atoms with van der Waals surface area (Å²) in [5, 5.41) is 12.2. The maximum absolute atomic E-state index is 11.3. The van der Waals surface area contributed by atoms with E-state index in [-0.39, 0.29) is 11.5 Å². The second-order valence-corrected chi connectivity index (χ2v) is 4.71. The van der Waals surface area contributed by atoms with Crippen LogP contribution in [0.5, 0.6) is 0 Å². The molecule has 0 aliphatic rings. The largest absolute Gasteiger partial charge is 0.394 e. The van der Waals surface area contributed by atoms with Gasteiger partial charge in [-0.25, -0.2) is 13.1 Å². The van der Waals surface area contributed by atoms with Crippen LogP contribution in [0.4, 0.5) is 11.5 Å². The topological polar surface area (TPSA) is 114 Å². The van der Waals surface area contributed by atoms with E-state index in [1.54, 1.807) is 20.0 Å². The molecular formula is C7H11N5O2S. The van der Waals surface area contributed by atoms with Crippen molar-refractivity contribution < 1.29 is 8.42 Å². The van der Waals surface area contributed by atoms with Gasteiger partial charge in [0.1, 0.15) is 0 Å². The molecule has 1 aromatic rings. The lowest BCUT2D eigenvalue weighted by Crippen LogP contribution is -2.18. The number of hydrogen-bond donors (Lipinski definition) is 2. The first-order valence-electron chi connectivity index (χ1n) is 4.04. The summed E-state index contributed by atoms with van der Waals surface area (Å²) in [6, 6.07) is 1.55. The molecule has 0 spiro atoms. The predicted octanol–water partition coefficient (Wildman–Crippen LogP) is -0.424. The third kappa shape index (κ3) is 2.38. The molecule has 0 unspecified atom stereocenters. The van der Waals surface area contributed by atoms with E-state index in [1.165, 1.54) is 4.68 Å². The molecule has 0 bridgehead atoms. The normalized spacial score (nSPS) is 11.0. The van der Waals surface area contributed by atoms with Crippen LogP contribution in [0.2, 0.25) is 0 Å². The Bertz CT molecular complexity index is 510. The van der Waals surface area contributed by atoms with Gasteiger partial charge in [0.25, 0.3) is 0 Å². The third-order valence-electron chi connectivity index (χ3n) is 1.78. The fourth-order valence-electron chi connectivity index (χ4n) is 1.06. The van der Waals surface area contributed by atoms with Gasteiger partial charge >= 0.3 is 0 Å². The SMILES string of the molecule is Cc1nn(C)c(NS(=O)(=O)CC#N)c1N. The van der Waals surface area contributed by atoms with Crippen molar-refractivity contribution in [1.29, 1.82) is 5.26 Å². The summed E-state index contributed by atoms with van der Waals surface area (Å²) in [5.74, 6) is -0.431. The minimum absolute atomic E-state index is 0.183. The molecule has 15 heavy (non-hydrogen) atoms. The van der Waals surface area contributed by atoms with Crippen LogP contribution in [0.3, 0.4) is 0 Å². The van der Waals surface area contributed by atoms with Crippen LogP contribution in [0.25, 0.3) is 0 Å². The number of nitriles is 1. The molecule has 0 fully saturated rings. The first-order valence-corrected chi connectivity index (χ1v) is 5.69. The number of nitrogen functional groups attached to an aromatic ring is 1. The minimum Gasteiger partial charge on any atom is -0.394 e. The summed E-state index contributed by atoms with van der Waals surface area (Å²) in [6.07, 6.45) is 0. The zero-order valence-electron chi connectivity index (χ0n) is 8.35. The van der Waals surface area contributed by atoms with E-state index in [9.17, 15) is 8.42 Å². The standard InChI is InChI=1S/C7H11N5O2S/c1-5-6(9)7(12(2)10-5)11-15(13,14)4-3-8/h11H,4,9H2,1-2H3. The summed E-state index contributed by atoms with van der Waals surface area (Å²) in [7, 11) is -2.11. The number of rotatable bonds is 3. The number of hydrogen-bond acceptors (Lipinski definition) is 5. The number of nitrogens with one attached hydrogen (secondary N) is 1. The Morgan fingerprint density at radius 3 is 2.67 bits per heavy atom. The van der Waals surface area contributed by atoms with Crippen molar-refractivity contribution >= 4 is 21.5 Å². The first kappa shape index (κ1) is 11.3. The smallest absolute Gasteiger partial charge is 0.247 e. The monoisotopic (exact) mass is 229 g/mol. The van der Waals surface area contributed by atoms with E-state index in [0.29, 0.717) is 5.69 Å². The molecule has 0 aliphatic carbocycles. The number of anilines is 2. The Balaban J connectivity index is 3.06. The maximum atomic E-state index is 11.3. The van der Waals surface area contributed by atoms with Crippen LogP contribution < -0.4 is 10.5 Å². The van der Waals surface area contributed by atoms with Gasteiger partial charge in [0.2, 0.25) is 10.0 Å². The Morgan fingerprint density at radius 2 is 2.27 bits per heavy atom. The van der Waals surface area contributed by atoms with E-state index >= 15 is 0 Å². The highest BCUT2D eigenvalue weighted by Gasteiger charge is 2.16. The van der Waals surface area contributed by atoms with Crippen LogP contribution in [-0.2, 0) is 17.1 Å². The van der Waals surface area contributed by atoms with Crippen molar-refractivity contribution in [1.82, 2.24) is 9.78 Å². The van der Waals surface area contributed by atoms with Crippen molar-refractivity contribution in [3.05, 3.63) is 5.69 Å². The molecular weight excluding hydrogens is 218 g/mol. The molecule has 0 aromatic carbocycles. The van der Waals surface area contributed by atoms with Gasteiger partial charge in [-0.15, -0.1) is 0 Å². The summed E-state index contributed by atoms with van der Waals surface area (Å²) < 4.78 is 26.1. The Kier molecular flexibility index (Phi) is 2.85. The van der Waals surface area contributed by atoms with Gasteiger partial charge in [0.15, 0.2) is 11.6 Å². The summed E-state index contributed by atoms with van der Waals surface area (Å²) in [6.45, 7) is 1.66. The van der Waals surface area contributed by atoms with Crippen molar-refractivity contribution in [2.45, 2.75) is 6.92 Å². The molecule has 7 nitrogen and oxygen atoms in total. The van der Waals surface area contributed by atoms with E-state index < -0.39 is 15.8 Å². The van der Waals surface area contributed by atoms with Gasteiger partial charge in [-0.1, -0.05) is 0 Å².